The summed E-state index contributed by atoms with van der Waals surface area (Å²) >= 11 is 7.57. The van der Waals surface area contributed by atoms with Crippen LogP contribution in [0.25, 0.3) is 22.3 Å². The molecule has 8 heteroatoms. The number of halogens is 1. The Bertz CT molecular complexity index is 1020. The monoisotopic (exact) mass is 375 g/mol. The summed E-state index contributed by atoms with van der Waals surface area (Å²) in [5.74, 6) is -0.569. The fourth-order valence-corrected chi connectivity index (χ4v) is 2.96. The van der Waals surface area contributed by atoms with Gasteiger partial charge in [0, 0.05) is 10.6 Å². The van der Waals surface area contributed by atoms with Gasteiger partial charge in [-0.05, 0) is 25.3 Å². The van der Waals surface area contributed by atoms with Crippen molar-refractivity contribution in [3.8, 4) is 11.3 Å². The number of nitrogens with zero attached hydrogens (tertiary/aromatic N) is 2. The van der Waals surface area contributed by atoms with E-state index in [1.54, 1.807) is 37.4 Å². The maximum absolute atomic E-state index is 12.4. The van der Waals surface area contributed by atoms with E-state index in [4.69, 9.17) is 16.3 Å². The number of esters is 1. The standard InChI is InChI=1S/C17H14ClN3O3S/c1-3-24-16(23)10-8-11-14(20-17(25-2)21-15(11)22)19-13(10)9-6-4-5-7-12(9)18/h4-8H,3H2,1-2H3,(H,19,20,21,22). The Hall–Kier alpha value is -2.38. The fourth-order valence-electron chi connectivity index (χ4n) is 2.36. The van der Waals surface area contributed by atoms with Crippen LogP contribution in [0.2, 0.25) is 5.02 Å². The number of carbonyl (C=O) groups excluding carboxylic acids is 1. The Morgan fingerprint density at radius 1 is 1.32 bits per heavy atom. The van der Waals surface area contributed by atoms with E-state index in [1.807, 2.05) is 0 Å². The van der Waals surface area contributed by atoms with Crippen LogP contribution in [0.5, 0.6) is 0 Å². The van der Waals surface area contributed by atoms with Crippen LogP contribution in [0.15, 0.2) is 40.3 Å². The molecule has 0 atom stereocenters. The maximum atomic E-state index is 12.4. The van der Waals surface area contributed by atoms with Crippen LogP contribution in [-0.4, -0.2) is 33.8 Å². The second-order valence-corrected chi connectivity index (χ2v) is 6.23. The highest BCUT2D eigenvalue weighted by molar-refractivity contribution is 7.98. The van der Waals surface area contributed by atoms with Gasteiger partial charge in [-0.15, -0.1) is 0 Å². The zero-order chi connectivity index (χ0) is 18.0. The molecule has 0 aliphatic heterocycles. The van der Waals surface area contributed by atoms with Gasteiger partial charge in [0.2, 0.25) is 0 Å². The van der Waals surface area contributed by atoms with E-state index in [1.165, 1.54) is 17.8 Å². The number of hydrogen-bond donors (Lipinski definition) is 1. The van der Waals surface area contributed by atoms with E-state index in [2.05, 4.69) is 15.0 Å². The average molecular weight is 376 g/mol. The van der Waals surface area contributed by atoms with Crippen LogP contribution in [0.1, 0.15) is 17.3 Å². The molecule has 0 spiro atoms. The van der Waals surface area contributed by atoms with Gasteiger partial charge in [-0.25, -0.2) is 14.8 Å². The highest BCUT2D eigenvalue weighted by atomic mass is 35.5. The number of pyridine rings is 1. The average Bonchev–Trinajstić information content (AvgIpc) is 2.61. The van der Waals surface area contributed by atoms with Crippen molar-refractivity contribution in [1.29, 1.82) is 0 Å². The molecule has 3 rings (SSSR count). The first-order valence-electron chi connectivity index (χ1n) is 7.46. The number of fused-ring (bicyclic) bond motifs is 1. The van der Waals surface area contributed by atoms with Gasteiger partial charge in [-0.1, -0.05) is 41.6 Å². The van der Waals surface area contributed by atoms with Gasteiger partial charge in [0.1, 0.15) is 0 Å². The van der Waals surface area contributed by atoms with Crippen LogP contribution in [0, 0.1) is 0 Å². The maximum Gasteiger partial charge on any atom is 0.340 e. The van der Waals surface area contributed by atoms with Crippen molar-refractivity contribution in [3.05, 3.63) is 51.3 Å². The first-order valence-corrected chi connectivity index (χ1v) is 9.06. The molecule has 128 valence electrons. The molecule has 0 radical (unpaired) electrons. The predicted molar refractivity (Wildman–Crippen MR) is 98.3 cm³/mol. The lowest BCUT2D eigenvalue weighted by molar-refractivity contribution is 0.0527. The second-order valence-electron chi connectivity index (χ2n) is 5.03. The predicted octanol–water partition coefficient (Wildman–Crippen LogP) is 3.54. The van der Waals surface area contributed by atoms with E-state index >= 15 is 0 Å². The molecule has 2 aromatic heterocycles. The van der Waals surface area contributed by atoms with Crippen molar-refractivity contribution in [2.45, 2.75) is 12.1 Å². The van der Waals surface area contributed by atoms with Crippen LogP contribution in [-0.2, 0) is 4.74 Å². The second kappa shape index (κ2) is 7.25. The van der Waals surface area contributed by atoms with Crippen molar-refractivity contribution in [3.63, 3.8) is 0 Å². The third-order valence-electron chi connectivity index (χ3n) is 3.49. The zero-order valence-electron chi connectivity index (χ0n) is 13.5. The molecule has 0 aliphatic rings. The normalized spacial score (nSPS) is 10.8. The molecule has 1 N–H and O–H groups in total. The fraction of sp³-hybridized carbons (Fsp3) is 0.176. The summed E-state index contributed by atoms with van der Waals surface area (Å²) in [5.41, 5.74) is 0.962. The van der Waals surface area contributed by atoms with Crippen molar-refractivity contribution < 1.29 is 9.53 Å². The molecule has 6 nitrogen and oxygen atoms in total. The molecule has 0 fully saturated rings. The van der Waals surface area contributed by atoms with E-state index in [0.29, 0.717) is 21.4 Å². The molecule has 0 unspecified atom stereocenters. The van der Waals surface area contributed by atoms with Gasteiger partial charge in [0.15, 0.2) is 10.8 Å². The highest BCUT2D eigenvalue weighted by Crippen LogP contribution is 2.30. The number of aromatic nitrogens is 3. The summed E-state index contributed by atoms with van der Waals surface area (Å²) in [6, 6.07) is 8.49. The van der Waals surface area contributed by atoms with Crippen LogP contribution in [0.4, 0.5) is 0 Å². The number of carbonyl (C=O) groups is 1. The highest BCUT2D eigenvalue weighted by Gasteiger charge is 2.20. The molecule has 1 aromatic carbocycles. The lowest BCUT2D eigenvalue weighted by Gasteiger charge is -2.11. The van der Waals surface area contributed by atoms with Gasteiger partial charge in [-0.3, -0.25) is 4.79 Å². The SMILES string of the molecule is CCOC(=O)c1cc2c(=O)[nH]c(SC)nc2nc1-c1ccccc1Cl. The molecule has 0 amide bonds. The quantitative estimate of drug-likeness (QED) is 0.426. The van der Waals surface area contributed by atoms with Gasteiger partial charge in [0.25, 0.3) is 5.56 Å². The first-order chi connectivity index (χ1) is 12.0. The van der Waals surface area contributed by atoms with Gasteiger partial charge < -0.3 is 9.72 Å². The molecule has 2 heterocycles. The summed E-state index contributed by atoms with van der Waals surface area (Å²) < 4.78 is 5.10. The molecule has 0 aliphatic carbocycles. The lowest BCUT2D eigenvalue weighted by atomic mass is 10.0. The lowest BCUT2D eigenvalue weighted by Crippen LogP contribution is -2.14. The smallest absolute Gasteiger partial charge is 0.340 e. The minimum atomic E-state index is -0.569. The van der Waals surface area contributed by atoms with Crippen LogP contribution >= 0.6 is 23.4 Å². The topological polar surface area (TPSA) is 84.9 Å². The number of aromatic amines is 1. The van der Waals surface area contributed by atoms with E-state index in [-0.39, 0.29) is 28.8 Å². The Morgan fingerprint density at radius 3 is 2.76 bits per heavy atom. The number of ether oxygens (including phenoxy) is 1. The third-order valence-corrected chi connectivity index (χ3v) is 4.40. The van der Waals surface area contributed by atoms with Crippen molar-refractivity contribution in [2.75, 3.05) is 12.9 Å². The molecule has 3 aromatic rings. The number of nitrogens with one attached hydrogen (secondary N) is 1. The zero-order valence-corrected chi connectivity index (χ0v) is 15.1. The minimum absolute atomic E-state index is 0.173. The summed E-state index contributed by atoms with van der Waals surface area (Å²) in [6.07, 6.45) is 1.80. The Labute approximate surface area is 152 Å². The number of rotatable bonds is 4. The molecule has 0 bridgehead atoms. The number of benzene rings is 1. The van der Waals surface area contributed by atoms with Gasteiger partial charge in [0.05, 0.1) is 23.3 Å². The minimum Gasteiger partial charge on any atom is -0.462 e. The Kier molecular flexibility index (Phi) is 5.06. The van der Waals surface area contributed by atoms with Crippen LogP contribution < -0.4 is 5.56 Å². The van der Waals surface area contributed by atoms with Crippen LogP contribution in [0.3, 0.4) is 0 Å². The first kappa shape index (κ1) is 17.4. The van der Waals surface area contributed by atoms with Crippen molar-refractivity contribution in [1.82, 2.24) is 15.0 Å². The van der Waals surface area contributed by atoms with Gasteiger partial charge >= 0.3 is 5.97 Å². The Balaban J connectivity index is 2.35. The summed E-state index contributed by atoms with van der Waals surface area (Å²) in [4.78, 5) is 36.1. The molecule has 0 saturated heterocycles. The van der Waals surface area contributed by atoms with E-state index in [9.17, 15) is 9.59 Å². The third kappa shape index (κ3) is 3.38. The van der Waals surface area contributed by atoms with Crippen molar-refractivity contribution >= 4 is 40.4 Å². The summed E-state index contributed by atoms with van der Waals surface area (Å²) in [6.45, 7) is 1.92. The van der Waals surface area contributed by atoms with E-state index in [0.717, 1.165) is 0 Å². The Morgan fingerprint density at radius 2 is 2.08 bits per heavy atom. The largest absolute Gasteiger partial charge is 0.462 e. The number of hydrogen-bond acceptors (Lipinski definition) is 6. The number of thioether (sulfide) groups is 1. The van der Waals surface area contributed by atoms with Crippen molar-refractivity contribution in [2.24, 2.45) is 0 Å². The summed E-state index contributed by atoms with van der Waals surface area (Å²) in [7, 11) is 0. The molecular weight excluding hydrogens is 362 g/mol. The summed E-state index contributed by atoms with van der Waals surface area (Å²) in [5, 5.41) is 1.10. The molecule has 0 saturated carbocycles. The van der Waals surface area contributed by atoms with E-state index < -0.39 is 5.97 Å². The molecule has 25 heavy (non-hydrogen) atoms. The van der Waals surface area contributed by atoms with Gasteiger partial charge in [-0.2, -0.15) is 0 Å². The number of H-pyrrole nitrogens is 1. The molecular formula is C17H14ClN3O3S.